The first-order valence-corrected chi connectivity index (χ1v) is 9.80. The molecule has 0 spiro atoms. The SMILES string of the molecule is Nc1ccccc1C(=O)n1nc(-c2ncccc2F)cc1NCc1ccc(Cl)s1. The fraction of sp³-hybridized carbons (Fsp3) is 0.0500. The molecule has 6 nitrogen and oxygen atoms in total. The van der Waals surface area contributed by atoms with Crippen LogP contribution in [-0.2, 0) is 6.54 Å². The zero-order chi connectivity index (χ0) is 20.4. The third-order valence-corrected chi connectivity index (χ3v) is 5.40. The lowest BCUT2D eigenvalue weighted by Crippen LogP contribution is -2.18. The van der Waals surface area contributed by atoms with Gasteiger partial charge in [0.25, 0.3) is 5.91 Å². The van der Waals surface area contributed by atoms with Crippen LogP contribution in [0.5, 0.6) is 0 Å². The third kappa shape index (κ3) is 3.98. The molecule has 0 bridgehead atoms. The second-order valence-corrected chi connectivity index (χ2v) is 7.91. The fourth-order valence-corrected chi connectivity index (χ4v) is 3.81. The summed E-state index contributed by atoms with van der Waals surface area (Å²) in [6, 6.07) is 14.8. The highest BCUT2D eigenvalue weighted by Crippen LogP contribution is 2.26. The van der Waals surface area contributed by atoms with Crippen LogP contribution in [0.15, 0.2) is 60.8 Å². The minimum Gasteiger partial charge on any atom is -0.398 e. The van der Waals surface area contributed by atoms with Crippen LogP contribution < -0.4 is 11.1 Å². The number of nitrogen functional groups attached to an aromatic ring is 1. The standard InChI is InChI=1S/C20H15ClFN5OS/c21-17-8-7-12(29-17)11-25-18-10-16(19-14(22)5-3-9-24-19)26-27(18)20(28)13-4-1-2-6-15(13)23/h1-10,25H,11,23H2. The molecule has 29 heavy (non-hydrogen) atoms. The normalized spacial score (nSPS) is 10.8. The van der Waals surface area contributed by atoms with Gasteiger partial charge in [-0.3, -0.25) is 9.78 Å². The Morgan fingerprint density at radius 1 is 1.21 bits per heavy atom. The number of carbonyl (C=O) groups is 1. The lowest BCUT2D eigenvalue weighted by molar-refractivity contribution is 0.0948. The second kappa shape index (κ2) is 8.02. The first-order valence-electron chi connectivity index (χ1n) is 8.61. The van der Waals surface area contributed by atoms with Gasteiger partial charge in [0, 0.05) is 22.8 Å². The van der Waals surface area contributed by atoms with E-state index < -0.39 is 11.7 Å². The smallest absolute Gasteiger partial charge is 0.282 e. The molecule has 146 valence electrons. The molecule has 4 rings (SSSR count). The molecule has 0 aliphatic heterocycles. The third-order valence-electron chi connectivity index (χ3n) is 4.17. The number of hydrogen-bond acceptors (Lipinski definition) is 6. The van der Waals surface area contributed by atoms with Gasteiger partial charge in [-0.25, -0.2) is 4.39 Å². The van der Waals surface area contributed by atoms with E-state index in [0.29, 0.717) is 27.9 Å². The lowest BCUT2D eigenvalue weighted by Gasteiger charge is -2.09. The number of para-hydroxylation sites is 1. The number of anilines is 2. The van der Waals surface area contributed by atoms with Crippen LogP contribution in [0.3, 0.4) is 0 Å². The minimum atomic E-state index is -0.527. The predicted octanol–water partition coefficient (Wildman–Crippen LogP) is 4.68. The molecular formula is C20H15ClFN5OS. The molecule has 0 aliphatic carbocycles. The Morgan fingerprint density at radius 2 is 2.03 bits per heavy atom. The summed E-state index contributed by atoms with van der Waals surface area (Å²) in [4.78, 5) is 18.1. The first-order chi connectivity index (χ1) is 14.0. The molecule has 0 unspecified atom stereocenters. The Hall–Kier alpha value is -3.23. The number of benzene rings is 1. The number of rotatable bonds is 5. The maximum atomic E-state index is 14.2. The van der Waals surface area contributed by atoms with E-state index in [4.69, 9.17) is 17.3 Å². The van der Waals surface area contributed by atoms with Crippen molar-refractivity contribution in [1.29, 1.82) is 0 Å². The highest BCUT2D eigenvalue weighted by Gasteiger charge is 2.20. The molecule has 0 amide bonds. The van der Waals surface area contributed by atoms with Crippen molar-refractivity contribution >= 4 is 40.4 Å². The number of halogens is 2. The molecule has 9 heteroatoms. The quantitative estimate of drug-likeness (QED) is 0.451. The van der Waals surface area contributed by atoms with Gasteiger partial charge in [0.15, 0.2) is 5.82 Å². The number of aromatic nitrogens is 3. The predicted molar refractivity (Wildman–Crippen MR) is 113 cm³/mol. The summed E-state index contributed by atoms with van der Waals surface area (Å²) in [5, 5.41) is 7.46. The first kappa shape index (κ1) is 19.1. The zero-order valence-electron chi connectivity index (χ0n) is 15.0. The molecule has 0 radical (unpaired) electrons. The topological polar surface area (TPSA) is 85.8 Å². The van der Waals surface area contributed by atoms with Crippen molar-refractivity contribution < 1.29 is 9.18 Å². The molecule has 0 aliphatic rings. The Morgan fingerprint density at radius 3 is 2.76 bits per heavy atom. The van der Waals surface area contributed by atoms with E-state index in [1.807, 2.05) is 6.07 Å². The molecule has 1 aromatic carbocycles. The summed E-state index contributed by atoms with van der Waals surface area (Å²) in [5.41, 5.74) is 6.87. The highest BCUT2D eigenvalue weighted by molar-refractivity contribution is 7.16. The maximum Gasteiger partial charge on any atom is 0.282 e. The number of nitrogens with one attached hydrogen (secondary N) is 1. The van der Waals surface area contributed by atoms with Crippen LogP contribution in [0, 0.1) is 5.82 Å². The molecule has 0 atom stereocenters. The molecule has 3 aromatic heterocycles. The summed E-state index contributed by atoms with van der Waals surface area (Å²) >= 11 is 7.40. The van der Waals surface area contributed by atoms with Crippen LogP contribution in [0.2, 0.25) is 4.34 Å². The van der Waals surface area contributed by atoms with E-state index in [1.165, 1.54) is 34.3 Å². The molecular weight excluding hydrogens is 413 g/mol. The number of nitrogens with zero attached hydrogens (tertiary/aromatic N) is 3. The van der Waals surface area contributed by atoms with Crippen LogP contribution in [0.1, 0.15) is 15.2 Å². The Kier molecular flexibility index (Phi) is 5.28. The van der Waals surface area contributed by atoms with Crippen molar-refractivity contribution in [2.24, 2.45) is 0 Å². The summed E-state index contributed by atoms with van der Waals surface area (Å²) < 4.78 is 16.0. The molecule has 0 fully saturated rings. The van der Waals surface area contributed by atoms with E-state index in [-0.39, 0.29) is 11.4 Å². The largest absolute Gasteiger partial charge is 0.398 e. The van der Waals surface area contributed by atoms with Crippen LogP contribution in [-0.4, -0.2) is 20.7 Å². The number of thiophene rings is 1. The average Bonchev–Trinajstić information content (AvgIpc) is 3.32. The van der Waals surface area contributed by atoms with Crippen molar-refractivity contribution in [3.05, 3.63) is 81.4 Å². The summed E-state index contributed by atoms with van der Waals surface area (Å²) in [7, 11) is 0. The molecule has 4 aromatic rings. The number of hydrogen-bond donors (Lipinski definition) is 2. The van der Waals surface area contributed by atoms with Gasteiger partial charge in [-0.1, -0.05) is 23.7 Å². The molecule has 0 saturated carbocycles. The van der Waals surface area contributed by atoms with Gasteiger partial charge in [-0.15, -0.1) is 11.3 Å². The van der Waals surface area contributed by atoms with E-state index in [0.717, 1.165) is 4.88 Å². The second-order valence-electron chi connectivity index (χ2n) is 6.11. The van der Waals surface area contributed by atoms with Crippen molar-refractivity contribution in [2.45, 2.75) is 6.54 Å². The van der Waals surface area contributed by atoms with Crippen molar-refractivity contribution in [3.8, 4) is 11.4 Å². The van der Waals surface area contributed by atoms with Gasteiger partial charge >= 0.3 is 0 Å². The summed E-state index contributed by atoms with van der Waals surface area (Å²) in [6.45, 7) is 0.421. The van der Waals surface area contributed by atoms with Gasteiger partial charge in [0.1, 0.15) is 17.2 Å². The molecule has 3 N–H and O–H groups in total. The van der Waals surface area contributed by atoms with Crippen molar-refractivity contribution in [3.63, 3.8) is 0 Å². The van der Waals surface area contributed by atoms with Gasteiger partial charge < -0.3 is 11.1 Å². The monoisotopic (exact) mass is 427 g/mol. The zero-order valence-corrected chi connectivity index (χ0v) is 16.5. The van der Waals surface area contributed by atoms with Crippen LogP contribution in [0.25, 0.3) is 11.4 Å². The Labute approximate surface area is 174 Å². The number of carbonyl (C=O) groups excluding carboxylic acids is 1. The Balaban J connectivity index is 1.74. The van der Waals surface area contributed by atoms with E-state index in [9.17, 15) is 9.18 Å². The Bertz CT molecular complexity index is 1190. The van der Waals surface area contributed by atoms with Crippen molar-refractivity contribution in [1.82, 2.24) is 14.8 Å². The van der Waals surface area contributed by atoms with Gasteiger partial charge in [-0.05, 0) is 36.4 Å². The van der Waals surface area contributed by atoms with Crippen LogP contribution in [0.4, 0.5) is 15.9 Å². The lowest BCUT2D eigenvalue weighted by atomic mass is 10.2. The highest BCUT2D eigenvalue weighted by atomic mass is 35.5. The number of nitrogens with two attached hydrogens (primary N) is 1. The molecule has 0 saturated heterocycles. The summed E-state index contributed by atoms with van der Waals surface area (Å²) in [6.07, 6.45) is 1.47. The van der Waals surface area contributed by atoms with Gasteiger partial charge in [0.05, 0.1) is 16.4 Å². The fourth-order valence-electron chi connectivity index (χ4n) is 2.78. The maximum absolute atomic E-state index is 14.2. The minimum absolute atomic E-state index is 0.0577. The number of pyridine rings is 1. The summed E-state index contributed by atoms with van der Waals surface area (Å²) in [5.74, 6) is -0.569. The van der Waals surface area contributed by atoms with Crippen molar-refractivity contribution in [2.75, 3.05) is 11.1 Å². The van der Waals surface area contributed by atoms with Crippen LogP contribution >= 0.6 is 22.9 Å². The van der Waals surface area contributed by atoms with E-state index in [1.54, 1.807) is 36.4 Å². The van der Waals surface area contributed by atoms with Gasteiger partial charge in [0.2, 0.25) is 0 Å². The van der Waals surface area contributed by atoms with E-state index >= 15 is 0 Å². The van der Waals surface area contributed by atoms with E-state index in [2.05, 4.69) is 15.4 Å². The average molecular weight is 428 g/mol. The van der Waals surface area contributed by atoms with Gasteiger partial charge in [-0.2, -0.15) is 9.78 Å². The molecule has 3 heterocycles.